The zero-order chi connectivity index (χ0) is 17.2. The number of ether oxygens (including phenoxy) is 1. The third-order valence-corrected chi connectivity index (χ3v) is 4.93. The van der Waals surface area contributed by atoms with E-state index in [1.807, 2.05) is 0 Å². The minimum atomic E-state index is -3.47. The fourth-order valence-electron chi connectivity index (χ4n) is 2.39. The lowest BCUT2D eigenvalue weighted by molar-refractivity contribution is -0.119. The van der Waals surface area contributed by atoms with Gasteiger partial charge in [-0.15, -0.1) is 0 Å². The first-order valence-electron chi connectivity index (χ1n) is 6.70. The van der Waals surface area contributed by atoms with Gasteiger partial charge >= 0.3 is 6.61 Å². The Labute approximate surface area is 137 Å². The Morgan fingerprint density at radius 1 is 1.48 bits per heavy atom. The van der Waals surface area contributed by atoms with Crippen LogP contribution in [0.25, 0.3) is 0 Å². The molecule has 23 heavy (non-hydrogen) atoms. The Kier molecular flexibility index (Phi) is 5.43. The molecule has 0 aliphatic carbocycles. The van der Waals surface area contributed by atoms with E-state index >= 15 is 0 Å². The molecular formula is C13H15ClF2N2O4S. The highest BCUT2D eigenvalue weighted by atomic mass is 35.5. The summed E-state index contributed by atoms with van der Waals surface area (Å²) in [5.74, 6) is -0.704. The van der Waals surface area contributed by atoms with E-state index < -0.39 is 28.6 Å². The SMILES string of the molecule is CS(=O)(=O)N1CCCC1C(=O)Nc1ccc(OC(F)F)c(Cl)c1. The lowest BCUT2D eigenvalue weighted by atomic mass is 10.2. The van der Waals surface area contributed by atoms with Crippen molar-refractivity contribution < 1.29 is 26.7 Å². The first-order valence-corrected chi connectivity index (χ1v) is 8.93. The number of benzene rings is 1. The summed E-state index contributed by atoms with van der Waals surface area (Å²) in [6.07, 6.45) is 2.05. The number of nitrogens with zero attached hydrogens (tertiary/aromatic N) is 1. The third-order valence-electron chi connectivity index (χ3n) is 3.35. The van der Waals surface area contributed by atoms with Gasteiger partial charge in [0.15, 0.2) is 0 Å². The number of carbonyl (C=O) groups is 1. The van der Waals surface area contributed by atoms with E-state index in [1.54, 1.807) is 0 Å². The van der Waals surface area contributed by atoms with Gasteiger partial charge in [-0.2, -0.15) is 13.1 Å². The summed E-state index contributed by atoms with van der Waals surface area (Å²) >= 11 is 5.80. The molecule has 1 N–H and O–H groups in total. The van der Waals surface area contributed by atoms with Crippen molar-refractivity contribution in [3.63, 3.8) is 0 Å². The van der Waals surface area contributed by atoms with Crippen LogP contribution < -0.4 is 10.1 Å². The molecule has 0 bridgehead atoms. The fraction of sp³-hybridized carbons (Fsp3) is 0.462. The van der Waals surface area contributed by atoms with E-state index in [0.29, 0.717) is 19.4 Å². The van der Waals surface area contributed by atoms with E-state index in [4.69, 9.17) is 11.6 Å². The highest BCUT2D eigenvalue weighted by molar-refractivity contribution is 7.88. The van der Waals surface area contributed by atoms with Crippen LogP contribution in [0.3, 0.4) is 0 Å². The van der Waals surface area contributed by atoms with Gasteiger partial charge in [-0.05, 0) is 31.0 Å². The minimum absolute atomic E-state index is 0.0884. The van der Waals surface area contributed by atoms with Gasteiger partial charge in [-0.1, -0.05) is 11.6 Å². The second-order valence-corrected chi connectivity index (χ2v) is 7.39. The molecule has 6 nitrogen and oxygen atoms in total. The van der Waals surface area contributed by atoms with Crippen molar-refractivity contribution in [2.24, 2.45) is 0 Å². The smallest absolute Gasteiger partial charge is 0.387 e. The van der Waals surface area contributed by atoms with Crippen molar-refractivity contribution in [1.29, 1.82) is 0 Å². The number of sulfonamides is 1. The Bertz CT molecular complexity index is 699. The third kappa shape index (κ3) is 4.52. The lowest BCUT2D eigenvalue weighted by Crippen LogP contribution is -2.42. The quantitative estimate of drug-likeness (QED) is 0.865. The summed E-state index contributed by atoms with van der Waals surface area (Å²) in [7, 11) is -3.47. The van der Waals surface area contributed by atoms with Crippen LogP contribution in [0.4, 0.5) is 14.5 Å². The summed E-state index contributed by atoms with van der Waals surface area (Å²) in [5, 5.41) is 2.45. The van der Waals surface area contributed by atoms with Crippen LogP contribution >= 0.6 is 11.6 Å². The summed E-state index contributed by atoms with van der Waals surface area (Å²) < 4.78 is 52.9. The molecule has 1 saturated heterocycles. The van der Waals surface area contributed by atoms with Crippen molar-refractivity contribution in [3.8, 4) is 5.75 Å². The van der Waals surface area contributed by atoms with Crippen molar-refractivity contribution >= 4 is 33.2 Å². The van der Waals surface area contributed by atoms with E-state index in [9.17, 15) is 22.0 Å². The highest BCUT2D eigenvalue weighted by Gasteiger charge is 2.36. The molecule has 0 radical (unpaired) electrons. The molecule has 1 atom stereocenters. The van der Waals surface area contributed by atoms with Crippen LogP contribution in [-0.2, 0) is 14.8 Å². The van der Waals surface area contributed by atoms with Gasteiger partial charge in [0.05, 0.1) is 11.3 Å². The standard InChI is InChI=1S/C13H15ClF2N2O4S/c1-23(20,21)18-6-2-3-10(18)12(19)17-8-4-5-11(9(14)7-8)22-13(15)16/h4-5,7,10,13H,2-3,6H2,1H3,(H,17,19). The monoisotopic (exact) mass is 368 g/mol. The zero-order valence-electron chi connectivity index (χ0n) is 12.1. The minimum Gasteiger partial charge on any atom is -0.433 e. The van der Waals surface area contributed by atoms with Crippen LogP contribution in [0.15, 0.2) is 18.2 Å². The summed E-state index contributed by atoms with van der Waals surface area (Å²) in [4.78, 5) is 12.2. The lowest BCUT2D eigenvalue weighted by Gasteiger charge is -2.21. The Morgan fingerprint density at radius 2 is 2.17 bits per heavy atom. The maximum Gasteiger partial charge on any atom is 0.387 e. The molecule has 1 aliphatic heterocycles. The Balaban J connectivity index is 2.10. The van der Waals surface area contributed by atoms with Crippen molar-refractivity contribution in [2.75, 3.05) is 18.1 Å². The van der Waals surface area contributed by atoms with Gasteiger partial charge in [0.2, 0.25) is 15.9 Å². The molecule has 1 aromatic rings. The average molecular weight is 369 g/mol. The fourth-order valence-corrected chi connectivity index (χ4v) is 3.74. The molecule has 1 amide bonds. The van der Waals surface area contributed by atoms with Gasteiger partial charge in [-0.25, -0.2) is 8.42 Å². The Morgan fingerprint density at radius 3 is 2.74 bits per heavy atom. The summed E-state index contributed by atoms with van der Waals surface area (Å²) in [5.41, 5.74) is 0.266. The second kappa shape index (κ2) is 6.98. The van der Waals surface area contributed by atoms with Gasteiger partial charge in [0.1, 0.15) is 11.8 Å². The maximum absolute atomic E-state index is 12.2. The number of carbonyl (C=O) groups excluding carboxylic acids is 1. The van der Waals surface area contributed by atoms with Gasteiger partial charge in [-0.3, -0.25) is 4.79 Å². The molecule has 1 unspecified atom stereocenters. The molecule has 10 heteroatoms. The molecule has 1 aromatic carbocycles. The van der Waals surface area contributed by atoms with Gasteiger partial charge in [0.25, 0.3) is 0 Å². The summed E-state index contributed by atoms with van der Waals surface area (Å²) in [6.45, 7) is -2.71. The topological polar surface area (TPSA) is 75.7 Å². The molecule has 1 aliphatic rings. The zero-order valence-corrected chi connectivity index (χ0v) is 13.7. The normalized spacial score (nSPS) is 19.1. The van der Waals surface area contributed by atoms with Crippen molar-refractivity contribution in [3.05, 3.63) is 23.2 Å². The number of rotatable bonds is 5. The highest BCUT2D eigenvalue weighted by Crippen LogP contribution is 2.29. The first kappa shape index (κ1) is 17.9. The molecule has 2 rings (SSSR count). The number of anilines is 1. The van der Waals surface area contributed by atoms with E-state index in [1.165, 1.54) is 18.2 Å². The van der Waals surface area contributed by atoms with Gasteiger partial charge < -0.3 is 10.1 Å². The van der Waals surface area contributed by atoms with Crippen LogP contribution in [0.1, 0.15) is 12.8 Å². The number of halogens is 3. The van der Waals surface area contributed by atoms with E-state index in [0.717, 1.165) is 10.6 Å². The van der Waals surface area contributed by atoms with Crippen LogP contribution in [-0.4, -0.2) is 44.1 Å². The maximum atomic E-state index is 12.2. The molecule has 1 fully saturated rings. The van der Waals surface area contributed by atoms with Crippen LogP contribution in [0, 0.1) is 0 Å². The number of hydrogen-bond acceptors (Lipinski definition) is 4. The molecule has 0 saturated carbocycles. The number of amides is 1. The molecular weight excluding hydrogens is 354 g/mol. The predicted molar refractivity (Wildman–Crippen MR) is 81.3 cm³/mol. The van der Waals surface area contributed by atoms with E-state index in [2.05, 4.69) is 10.1 Å². The molecule has 0 spiro atoms. The van der Waals surface area contributed by atoms with Crippen molar-refractivity contribution in [2.45, 2.75) is 25.5 Å². The number of nitrogens with one attached hydrogen (secondary N) is 1. The summed E-state index contributed by atoms with van der Waals surface area (Å²) in [6, 6.07) is 3.02. The van der Waals surface area contributed by atoms with Crippen LogP contribution in [0.2, 0.25) is 5.02 Å². The van der Waals surface area contributed by atoms with Gasteiger partial charge in [0, 0.05) is 12.2 Å². The molecule has 128 valence electrons. The predicted octanol–water partition coefficient (Wildman–Crippen LogP) is 2.30. The number of alkyl halides is 2. The van der Waals surface area contributed by atoms with Crippen LogP contribution in [0.5, 0.6) is 5.75 Å². The van der Waals surface area contributed by atoms with E-state index in [-0.39, 0.29) is 16.5 Å². The number of hydrogen-bond donors (Lipinski definition) is 1. The molecule has 1 heterocycles. The largest absolute Gasteiger partial charge is 0.433 e. The van der Waals surface area contributed by atoms with Crippen molar-refractivity contribution in [1.82, 2.24) is 4.31 Å². The molecule has 0 aromatic heterocycles. The average Bonchev–Trinajstić information content (AvgIpc) is 2.91. The Hall–Kier alpha value is -1.45. The first-order chi connectivity index (χ1) is 10.7. The second-order valence-electron chi connectivity index (χ2n) is 5.04.